The first kappa shape index (κ1) is 14.9. The number of nitro groups is 1. The number of pyridine rings is 1. The van der Waals surface area contributed by atoms with E-state index in [0.29, 0.717) is 5.69 Å². The summed E-state index contributed by atoms with van der Waals surface area (Å²) in [6, 6.07) is 6.53. The van der Waals surface area contributed by atoms with Crippen LogP contribution in [0, 0.1) is 15.9 Å². The van der Waals surface area contributed by atoms with Crippen LogP contribution in [-0.2, 0) is 0 Å². The molecule has 0 fully saturated rings. The number of benzene rings is 1. The third kappa shape index (κ3) is 3.32. The molecule has 2 aromatic rings. The van der Waals surface area contributed by atoms with E-state index in [4.69, 9.17) is 10.5 Å². The van der Waals surface area contributed by atoms with Crippen molar-refractivity contribution in [2.24, 2.45) is 5.73 Å². The first-order valence-electron chi connectivity index (χ1n) is 6.35. The second-order valence-corrected chi connectivity index (χ2v) is 4.38. The first-order chi connectivity index (χ1) is 10.0. The fraction of sp³-hybridized carbons (Fsp3) is 0.214. The molecule has 0 saturated carbocycles. The van der Waals surface area contributed by atoms with E-state index in [1.54, 1.807) is 12.1 Å². The molecule has 0 amide bonds. The number of hydrogen-bond donors (Lipinski definition) is 1. The Morgan fingerprint density at radius 1 is 1.43 bits per heavy atom. The summed E-state index contributed by atoms with van der Waals surface area (Å²) in [4.78, 5) is 14.3. The number of halogens is 1. The summed E-state index contributed by atoms with van der Waals surface area (Å²) in [6.45, 7) is 1.93. The number of nitrogens with two attached hydrogens (primary N) is 1. The molecule has 2 rings (SSSR count). The summed E-state index contributed by atoms with van der Waals surface area (Å²) < 4.78 is 18.9. The average Bonchev–Trinajstić information content (AvgIpc) is 2.49. The zero-order valence-corrected chi connectivity index (χ0v) is 11.3. The largest absolute Gasteiger partial charge is 0.445 e. The van der Waals surface area contributed by atoms with Gasteiger partial charge in [0, 0.05) is 12.1 Å². The molecule has 1 aromatic heterocycles. The van der Waals surface area contributed by atoms with Gasteiger partial charge >= 0.3 is 5.69 Å². The van der Waals surface area contributed by atoms with Crippen molar-refractivity contribution in [2.45, 2.75) is 19.4 Å². The predicted octanol–water partition coefficient (Wildman–Crippen LogP) is 3.33. The monoisotopic (exact) mass is 291 g/mol. The zero-order chi connectivity index (χ0) is 15.4. The molecule has 110 valence electrons. The second-order valence-electron chi connectivity index (χ2n) is 4.38. The molecule has 0 spiro atoms. The maximum atomic E-state index is 13.7. The minimum atomic E-state index is -0.807. The average molecular weight is 291 g/mol. The van der Waals surface area contributed by atoms with Crippen molar-refractivity contribution in [2.75, 3.05) is 0 Å². The Morgan fingerprint density at radius 2 is 2.19 bits per heavy atom. The lowest BCUT2D eigenvalue weighted by molar-refractivity contribution is -0.385. The number of aromatic nitrogens is 1. The third-order valence-corrected chi connectivity index (χ3v) is 2.94. The smallest absolute Gasteiger partial charge is 0.314 e. The molecule has 0 aliphatic heterocycles. The maximum Gasteiger partial charge on any atom is 0.314 e. The first-order valence-corrected chi connectivity index (χ1v) is 6.35. The molecule has 0 aliphatic carbocycles. The molecule has 7 heteroatoms. The van der Waals surface area contributed by atoms with Crippen molar-refractivity contribution < 1.29 is 14.1 Å². The van der Waals surface area contributed by atoms with Gasteiger partial charge in [0.05, 0.1) is 16.8 Å². The van der Waals surface area contributed by atoms with Gasteiger partial charge in [-0.2, -0.15) is 0 Å². The Bertz CT molecular complexity index is 646. The van der Waals surface area contributed by atoms with Gasteiger partial charge < -0.3 is 10.5 Å². The fourth-order valence-corrected chi connectivity index (χ4v) is 1.74. The summed E-state index contributed by atoms with van der Waals surface area (Å²) >= 11 is 0. The Morgan fingerprint density at radius 3 is 2.76 bits per heavy atom. The standard InChI is InChI=1S/C14H14FN3O3/c1-2-11(16)12-7-6-9(8-17-12)21-14-10(15)4-3-5-13(14)18(19)20/h3-8,11H,2,16H2,1H3. The number of nitro benzene ring substituents is 1. The van der Waals surface area contributed by atoms with Crippen molar-refractivity contribution in [1.29, 1.82) is 0 Å². The van der Waals surface area contributed by atoms with Crippen LogP contribution in [0.4, 0.5) is 10.1 Å². The molecule has 0 saturated heterocycles. The lowest BCUT2D eigenvalue weighted by Gasteiger charge is -2.10. The van der Waals surface area contributed by atoms with E-state index >= 15 is 0 Å². The number of ether oxygens (including phenoxy) is 1. The van der Waals surface area contributed by atoms with E-state index in [1.807, 2.05) is 6.92 Å². The van der Waals surface area contributed by atoms with E-state index < -0.39 is 22.2 Å². The molecular formula is C14H14FN3O3. The molecule has 0 bridgehead atoms. The topological polar surface area (TPSA) is 91.3 Å². The van der Waals surface area contributed by atoms with E-state index in [0.717, 1.165) is 12.5 Å². The molecule has 0 aliphatic rings. The highest BCUT2D eigenvalue weighted by atomic mass is 19.1. The molecule has 6 nitrogen and oxygen atoms in total. The quantitative estimate of drug-likeness (QED) is 0.674. The normalized spacial score (nSPS) is 12.0. The van der Waals surface area contributed by atoms with Gasteiger partial charge in [-0.15, -0.1) is 0 Å². The van der Waals surface area contributed by atoms with Crippen LogP contribution in [0.15, 0.2) is 36.5 Å². The van der Waals surface area contributed by atoms with Crippen LogP contribution in [0.25, 0.3) is 0 Å². The Kier molecular flexibility index (Phi) is 4.44. The van der Waals surface area contributed by atoms with Crippen molar-refractivity contribution in [3.63, 3.8) is 0 Å². The van der Waals surface area contributed by atoms with Crippen LogP contribution >= 0.6 is 0 Å². The second kappa shape index (κ2) is 6.27. The van der Waals surface area contributed by atoms with Crippen molar-refractivity contribution in [1.82, 2.24) is 4.98 Å². The maximum absolute atomic E-state index is 13.7. The number of para-hydroxylation sites is 1. The van der Waals surface area contributed by atoms with Gasteiger partial charge in [-0.25, -0.2) is 4.39 Å². The lowest BCUT2D eigenvalue weighted by Crippen LogP contribution is -2.10. The summed E-state index contributed by atoms with van der Waals surface area (Å²) in [5.41, 5.74) is 6.07. The van der Waals surface area contributed by atoms with E-state index in [2.05, 4.69) is 4.98 Å². The SMILES string of the molecule is CCC(N)c1ccc(Oc2c(F)cccc2[N+](=O)[O-])cn1. The van der Waals surface area contributed by atoms with Crippen LogP contribution in [-0.4, -0.2) is 9.91 Å². The highest BCUT2D eigenvalue weighted by Gasteiger charge is 2.20. The summed E-state index contributed by atoms with van der Waals surface area (Å²) in [6.07, 6.45) is 2.09. The zero-order valence-electron chi connectivity index (χ0n) is 11.3. The van der Waals surface area contributed by atoms with E-state index in [1.165, 1.54) is 18.3 Å². The number of rotatable bonds is 5. The highest BCUT2D eigenvalue weighted by Crippen LogP contribution is 2.33. The Hall–Kier alpha value is -2.54. The minimum absolute atomic E-state index is 0.193. The minimum Gasteiger partial charge on any atom is -0.445 e. The molecule has 21 heavy (non-hydrogen) atoms. The van der Waals surface area contributed by atoms with Crippen molar-refractivity contribution in [3.8, 4) is 11.5 Å². The molecule has 1 atom stereocenters. The van der Waals surface area contributed by atoms with E-state index in [-0.39, 0.29) is 11.8 Å². The molecule has 1 heterocycles. The molecule has 1 aromatic carbocycles. The van der Waals surface area contributed by atoms with Crippen molar-refractivity contribution in [3.05, 3.63) is 58.2 Å². The number of hydrogen-bond acceptors (Lipinski definition) is 5. The van der Waals surface area contributed by atoms with Crippen LogP contribution in [0.3, 0.4) is 0 Å². The predicted molar refractivity (Wildman–Crippen MR) is 74.6 cm³/mol. The van der Waals surface area contributed by atoms with E-state index in [9.17, 15) is 14.5 Å². The van der Waals surface area contributed by atoms with Gasteiger partial charge in [0.15, 0.2) is 5.82 Å². The van der Waals surface area contributed by atoms with Crippen LogP contribution in [0.2, 0.25) is 0 Å². The highest BCUT2D eigenvalue weighted by molar-refractivity contribution is 5.49. The van der Waals surface area contributed by atoms with Gasteiger partial charge in [-0.05, 0) is 24.6 Å². The van der Waals surface area contributed by atoms with Gasteiger partial charge in [0.2, 0.25) is 5.75 Å². The summed E-state index contributed by atoms with van der Waals surface area (Å²) in [5, 5.41) is 10.9. The van der Waals surface area contributed by atoms with Crippen LogP contribution in [0.5, 0.6) is 11.5 Å². The summed E-state index contributed by atoms with van der Waals surface area (Å²) in [7, 11) is 0. The van der Waals surface area contributed by atoms with Gasteiger partial charge in [-0.1, -0.05) is 13.0 Å². The third-order valence-electron chi connectivity index (χ3n) is 2.94. The Balaban J connectivity index is 2.28. The number of nitrogens with zero attached hydrogens (tertiary/aromatic N) is 2. The van der Waals surface area contributed by atoms with Crippen molar-refractivity contribution >= 4 is 5.69 Å². The molecule has 1 unspecified atom stereocenters. The molecular weight excluding hydrogens is 277 g/mol. The van der Waals surface area contributed by atoms with Crippen LogP contribution in [0.1, 0.15) is 25.1 Å². The van der Waals surface area contributed by atoms with Gasteiger partial charge in [0.25, 0.3) is 0 Å². The Labute approximate surface area is 120 Å². The lowest BCUT2D eigenvalue weighted by atomic mass is 10.1. The molecule has 0 radical (unpaired) electrons. The van der Waals surface area contributed by atoms with Gasteiger partial charge in [-0.3, -0.25) is 15.1 Å². The fourth-order valence-electron chi connectivity index (χ4n) is 1.74. The van der Waals surface area contributed by atoms with Crippen LogP contribution < -0.4 is 10.5 Å². The molecule has 2 N–H and O–H groups in total. The van der Waals surface area contributed by atoms with Gasteiger partial charge in [0.1, 0.15) is 5.75 Å². The summed E-state index contributed by atoms with van der Waals surface area (Å²) in [5.74, 6) is -1.04.